The number of hydrogen-bond acceptors (Lipinski definition) is 3. The van der Waals surface area contributed by atoms with Gasteiger partial charge in [0.25, 0.3) is 0 Å². The highest BCUT2D eigenvalue weighted by Crippen LogP contribution is 2.33. The van der Waals surface area contributed by atoms with E-state index in [1.54, 1.807) is 11.3 Å². The fraction of sp³-hybridized carbons (Fsp3) is 0.308. The van der Waals surface area contributed by atoms with Gasteiger partial charge in [-0.2, -0.15) is 0 Å². The molecule has 0 fully saturated rings. The maximum Gasteiger partial charge on any atom is 0.305 e. The van der Waals surface area contributed by atoms with Crippen molar-refractivity contribution in [3.8, 4) is 0 Å². The Balaban J connectivity index is 2.45. The molecule has 1 unspecified atom stereocenters. The van der Waals surface area contributed by atoms with Gasteiger partial charge in [-0.25, -0.2) is 0 Å². The molecule has 0 aliphatic rings. The second kappa shape index (κ2) is 4.85. The van der Waals surface area contributed by atoms with Crippen molar-refractivity contribution in [2.24, 2.45) is 0 Å². The normalized spacial score (nSPS) is 13.1. The third-order valence-electron chi connectivity index (χ3n) is 2.86. The Morgan fingerprint density at radius 3 is 2.76 bits per heavy atom. The quantitative estimate of drug-likeness (QED) is 0.905. The summed E-state index contributed by atoms with van der Waals surface area (Å²) in [5.74, 6) is -0.765. The molecule has 0 bridgehead atoms. The van der Waals surface area contributed by atoms with E-state index < -0.39 is 5.97 Å². The third-order valence-corrected chi connectivity index (χ3v) is 3.84. The minimum Gasteiger partial charge on any atom is -0.481 e. The molecule has 1 aromatic carbocycles. The van der Waals surface area contributed by atoms with Gasteiger partial charge < -0.3 is 10.0 Å². The van der Waals surface area contributed by atoms with Crippen LogP contribution in [0.15, 0.2) is 29.6 Å². The van der Waals surface area contributed by atoms with Gasteiger partial charge in [0.2, 0.25) is 0 Å². The molecule has 3 nitrogen and oxygen atoms in total. The average Bonchev–Trinajstić information content (AvgIpc) is 2.69. The zero-order valence-corrected chi connectivity index (χ0v) is 10.7. The van der Waals surface area contributed by atoms with E-state index in [9.17, 15) is 4.79 Å². The summed E-state index contributed by atoms with van der Waals surface area (Å²) in [6.45, 7) is 0. The topological polar surface area (TPSA) is 40.5 Å². The molecule has 1 heterocycles. The van der Waals surface area contributed by atoms with Crippen LogP contribution >= 0.6 is 11.3 Å². The molecule has 0 radical (unpaired) electrons. The number of carboxylic acids is 1. The molecule has 4 heteroatoms. The van der Waals surface area contributed by atoms with E-state index in [0.717, 1.165) is 10.9 Å². The standard InChI is InChI=1S/C13H15NO2S/c1-14(2)11(7-13(15)16)10-8-17-12-6-4-3-5-9(10)12/h3-6,8,11H,7H2,1-2H3,(H,15,16). The highest BCUT2D eigenvalue weighted by atomic mass is 32.1. The van der Waals surface area contributed by atoms with Crippen molar-refractivity contribution in [1.29, 1.82) is 0 Å². The lowest BCUT2D eigenvalue weighted by Crippen LogP contribution is -2.22. The van der Waals surface area contributed by atoms with Crippen molar-refractivity contribution in [3.05, 3.63) is 35.2 Å². The molecular formula is C13H15NO2S. The molecule has 2 rings (SSSR count). The first-order valence-corrected chi connectivity index (χ1v) is 6.32. The van der Waals surface area contributed by atoms with E-state index in [0.29, 0.717) is 0 Å². The van der Waals surface area contributed by atoms with Crippen molar-refractivity contribution in [1.82, 2.24) is 4.90 Å². The molecule has 1 atom stereocenters. The fourth-order valence-electron chi connectivity index (χ4n) is 1.99. The molecule has 0 amide bonds. The second-order valence-electron chi connectivity index (χ2n) is 4.26. The van der Waals surface area contributed by atoms with Crippen molar-refractivity contribution < 1.29 is 9.90 Å². The van der Waals surface area contributed by atoms with Crippen LogP contribution in [0.2, 0.25) is 0 Å². The zero-order chi connectivity index (χ0) is 12.4. The van der Waals surface area contributed by atoms with Crippen LogP contribution in [-0.4, -0.2) is 30.1 Å². The summed E-state index contributed by atoms with van der Waals surface area (Å²) in [7, 11) is 3.83. The fourth-order valence-corrected chi connectivity index (χ4v) is 3.00. The third kappa shape index (κ3) is 2.48. The van der Waals surface area contributed by atoms with Gasteiger partial charge in [-0.1, -0.05) is 18.2 Å². The Bertz CT molecular complexity index is 533. The van der Waals surface area contributed by atoms with Gasteiger partial charge in [0.1, 0.15) is 0 Å². The van der Waals surface area contributed by atoms with Crippen molar-refractivity contribution in [2.45, 2.75) is 12.5 Å². The summed E-state index contributed by atoms with van der Waals surface area (Å²) in [6.07, 6.45) is 0.133. The first-order chi connectivity index (χ1) is 8.09. The van der Waals surface area contributed by atoms with E-state index in [4.69, 9.17) is 5.11 Å². The molecule has 0 saturated carbocycles. The molecule has 17 heavy (non-hydrogen) atoms. The number of carboxylic acid groups (broad SMARTS) is 1. The van der Waals surface area contributed by atoms with E-state index in [1.807, 2.05) is 31.1 Å². The van der Waals surface area contributed by atoms with E-state index in [-0.39, 0.29) is 12.5 Å². The Morgan fingerprint density at radius 2 is 2.12 bits per heavy atom. The van der Waals surface area contributed by atoms with Crippen LogP contribution < -0.4 is 0 Å². The molecular weight excluding hydrogens is 234 g/mol. The van der Waals surface area contributed by atoms with E-state index in [1.165, 1.54) is 4.70 Å². The van der Waals surface area contributed by atoms with Crippen molar-refractivity contribution in [2.75, 3.05) is 14.1 Å². The number of benzene rings is 1. The van der Waals surface area contributed by atoms with Crippen LogP contribution in [0, 0.1) is 0 Å². The molecule has 0 saturated heterocycles. The van der Waals surface area contributed by atoms with Gasteiger partial charge >= 0.3 is 5.97 Å². The van der Waals surface area contributed by atoms with Gasteiger partial charge in [-0.15, -0.1) is 11.3 Å². The van der Waals surface area contributed by atoms with Crippen LogP contribution in [-0.2, 0) is 4.79 Å². The summed E-state index contributed by atoms with van der Waals surface area (Å²) in [6, 6.07) is 8.05. The number of carbonyl (C=O) groups is 1. The maximum absolute atomic E-state index is 10.9. The zero-order valence-electron chi connectivity index (χ0n) is 9.88. The minimum absolute atomic E-state index is 0.0661. The predicted molar refractivity (Wildman–Crippen MR) is 70.5 cm³/mol. The van der Waals surface area contributed by atoms with E-state index >= 15 is 0 Å². The lowest BCUT2D eigenvalue weighted by Gasteiger charge is -2.22. The number of fused-ring (bicyclic) bond motifs is 1. The second-order valence-corrected chi connectivity index (χ2v) is 5.18. The minimum atomic E-state index is -0.765. The molecule has 1 aromatic heterocycles. The highest BCUT2D eigenvalue weighted by Gasteiger charge is 2.20. The van der Waals surface area contributed by atoms with Crippen molar-refractivity contribution >= 4 is 27.4 Å². The Labute approximate surface area is 104 Å². The number of nitrogens with zero attached hydrogens (tertiary/aromatic N) is 1. The Hall–Kier alpha value is -1.39. The van der Waals surface area contributed by atoms with Gasteiger partial charge in [-0.3, -0.25) is 4.79 Å². The molecule has 0 aliphatic heterocycles. The number of thiophene rings is 1. The first kappa shape index (κ1) is 12.1. The van der Waals surface area contributed by atoms with Gasteiger partial charge in [0, 0.05) is 10.7 Å². The largest absolute Gasteiger partial charge is 0.481 e. The summed E-state index contributed by atoms with van der Waals surface area (Å²) >= 11 is 1.67. The summed E-state index contributed by atoms with van der Waals surface area (Å²) in [5, 5.41) is 12.2. The van der Waals surface area contributed by atoms with Crippen LogP contribution in [0.4, 0.5) is 0 Å². The number of aliphatic carboxylic acids is 1. The smallest absolute Gasteiger partial charge is 0.305 e. The van der Waals surface area contributed by atoms with E-state index in [2.05, 4.69) is 17.5 Å². The van der Waals surface area contributed by atoms with Gasteiger partial charge in [-0.05, 0) is 36.5 Å². The first-order valence-electron chi connectivity index (χ1n) is 5.44. The Kier molecular flexibility index (Phi) is 3.45. The molecule has 90 valence electrons. The lowest BCUT2D eigenvalue weighted by molar-refractivity contribution is -0.138. The van der Waals surface area contributed by atoms with Crippen LogP contribution in [0.3, 0.4) is 0 Å². The van der Waals surface area contributed by atoms with Gasteiger partial charge in [0.05, 0.1) is 6.42 Å². The summed E-state index contributed by atoms with van der Waals surface area (Å²) in [5.41, 5.74) is 1.11. The summed E-state index contributed by atoms with van der Waals surface area (Å²) in [4.78, 5) is 12.9. The SMILES string of the molecule is CN(C)C(CC(=O)O)c1csc2ccccc12. The summed E-state index contributed by atoms with van der Waals surface area (Å²) < 4.78 is 1.21. The van der Waals surface area contributed by atoms with Gasteiger partial charge in [0.15, 0.2) is 0 Å². The molecule has 0 spiro atoms. The highest BCUT2D eigenvalue weighted by molar-refractivity contribution is 7.17. The number of hydrogen-bond donors (Lipinski definition) is 1. The number of rotatable bonds is 4. The van der Waals surface area contributed by atoms with Crippen molar-refractivity contribution in [3.63, 3.8) is 0 Å². The maximum atomic E-state index is 10.9. The Morgan fingerprint density at radius 1 is 1.41 bits per heavy atom. The molecule has 0 aliphatic carbocycles. The van der Waals surface area contributed by atoms with Crippen LogP contribution in [0.5, 0.6) is 0 Å². The van der Waals surface area contributed by atoms with Crippen LogP contribution in [0.1, 0.15) is 18.0 Å². The lowest BCUT2D eigenvalue weighted by atomic mass is 10.0. The predicted octanol–water partition coefficient (Wildman–Crippen LogP) is 2.98. The molecule has 1 N–H and O–H groups in total. The molecule has 2 aromatic rings. The average molecular weight is 249 g/mol. The van der Waals surface area contributed by atoms with Crippen LogP contribution in [0.25, 0.3) is 10.1 Å². The monoisotopic (exact) mass is 249 g/mol.